The van der Waals surface area contributed by atoms with Gasteiger partial charge in [0, 0.05) is 6.54 Å². The molecular weight excluding hydrogens is 234 g/mol. The summed E-state index contributed by atoms with van der Waals surface area (Å²) in [4.78, 5) is 13.8. The number of carbonyl (C=O) groups excluding carboxylic acids is 1. The van der Waals surface area contributed by atoms with Crippen molar-refractivity contribution in [3.8, 4) is 0 Å². The lowest BCUT2D eigenvalue weighted by atomic mass is 10.1. The smallest absolute Gasteiger partial charge is 0.410 e. The maximum Gasteiger partial charge on any atom is 0.410 e. The number of aliphatic hydroxyl groups is 1. The Labute approximate surface area is 109 Å². The molecule has 5 heteroatoms. The molecule has 0 spiro atoms. The van der Waals surface area contributed by atoms with Crippen molar-refractivity contribution in [1.29, 1.82) is 0 Å². The van der Waals surface area contributed by atoms with E-state index in [0.29, 0.717) is 26.2 Å². The number of morpholine rings is 1. The number of hydrogen-bond acceptors (Lipinski definition) is 4. The van der Waals surface area contributed by atoms with Gasteiger partial charge in [0.1, 0.15) is 5.60 Å². The molecule has 1 aliphatic rings. The molecule has 2 atom stereocenters. The van der Waals surface area contributed by atoms with Gasteiger partial charge in [0.2, 0.25) is 0 Å². The second-order valence-corrected chi connectivity index (χ2v) is 5.83. The third kappa shape index (κ3) is 5.23. The van der Waals surface area contributed by atoms with Crippen molar-refractivity contribution < 1.29 is 19.4 Å². The van der Waals surface area contributed by atoms with Gasteiger partial charge in [-0.2, -0.15) is 0 Å². The van der Waals surface area contributed by atoms with E-state index in [1.165, 1.54) is 0 Å². The summed E-state index contributed by atoms with van der Waals surface area (Å²) in [6.07, 6.45) is 0.748. The molecule has 0 radical (unpaired) electrons. The molecule has 0 bridgehead atoms. The summed E-state index contributed by atoms with van der Waals surface area (Å²) < 4.78 is 10.8. The van der Waals surface area contributed by atoms with E-state index < -0.39 is 5.60 Å². The zero-order valence-electron chi connectivity index (χ0n) is 11.8. The van der Waals surface area contributed by atoms with Crippen LogP contribution in [0.5, 0.6) is 0 Å². The minimum absolute atomic E-state index is 0.00296. The molecule has 1 rings (SSSR count). The number of rotatable bonds is 3. The maximum atomic E-state index is 12.1. The van der Waals surface area contributed by atoms with Gasteiger partial charge in [0.05, 0.1) is 25.4 Å². The van der Waals surface area contributed by atoms with Crippen LogP contribution in [0.15, 0.2) is 0 Å². The molecule has 0 aromatic carbocycles. The largest absolute Gasteiger partial charge is 0.444 e. The molecule has 106 valence electrons. The van der Waals surface area contributed by atoms with Crippen molar-refractivity contribution in [3.05, 3.63) is 0 Å². The highest BCUT2D eigenvalue weighted by molar-refractivity contribution is 5.68. The highest BCUT2D eigenvalue weighted by Gasteiger charge is 2.30. The quantitative estimate of drug-likeness (QED) is 0.839. The van der Waals surface area contributed by atoms with Gasteiger partial charge in [0.15, 0.2) is 0 Å². The van der Waals surface area contributed by atoms with Gasteiger partial charge in [-0.25, -0.2) is 4.79 Å². The molecule has 0 aliphatic carbocycles. The van der Waals surface area contributed by atoms with Gasteiger partial charge < -0.3 is 19.5 Å². The van der Waals surface area contributed by atoms with Crippen molar-refractivity contribution >= 4 is 6.09 Å². The molecule has 1 fully saturated rings. The van der Waals surface area contributed by atoms with E-state index in [0.717, 1.165) is 6.42 Å². The van der Waals surface area contributed by atoms with Crippen LogP contribution in [-0.2, 0) is 9.47 Å². The van der Waals surface area contributed by atoms with Crippen molar-refractivity contribution in [2.24, 2.45) is 0 Å². The Balaban J connectivity index is 2.55. The predicted octanol–water partition coefficient (Wildman–Crippen LogP) is 1.78. The fourth-order valence-corrected chi connectivity index (χ4v) is 1.89. The van der Waals surface area contributed by atoms with Crippen LogP contribution in [0.4, 0.5) is 4.79 Å². The summed E-state index contributed by atoms with van der Waals surface area (Å²) in [6, 6.07) is 0.00296. The van der Waals surface area contributed by atoms with Crippen molar-refractivity contribution in [1.82, 2.24) is 4.90 Å². The van der Waals surface area contributed by atoms with Crippen LogP contribution >= 0.6 is 0 Å². The Morgan fingerprint density at radius 1 is 1.56 bits per heavy atom. The first kappa shape index (κ1) is 15.2. The third-order valence-corrected chi connectivity index (χ3v) is 2.77. The van der Waals surface area contributed by atoms with Crippen LogP contribution in [-0.4, -0.2) is 53.6 Å². The number of carbonyl (C=O) groups is 1. The summed E-state index contributed by atoms with van der Waals surface area (Å²) in [5, 5.41) is 9.32. The second-order valence-electron chi connectivity index (χ2n) is 5.83. The van der Waals surface area contributed by atoms with E-state index in [1.807, 2.05) is 20.8 Å². The average Bonchev–Trinajstić information content (AvgIpc) is 2.24. The summed E-state index contributed by atoms with van der Waals surface area (Å²) >= 11 is 0. The van der Waals surface area contributed by atoms with Crippen LogP contribution in [0, 0.1) is 0 Å². The Morgan fingerprint density at radius 2 is 2.22 bits per heavy atom. The molecule has 18 heavy (non-hydrogen) atoms. The molecule has 1 aliphatic heterocycles. The van der Waals surface area contributed by atoms with Gasteiger partial charge in [-0.05, 0) is 40.5 Å². The standard InChI is InChI=1S/C13H25NO4/c1-10(15)5-6-11-9-17-8-7-14(11)12(16)18-13(2,3)4/h10-11,15H,5-9H2,1-4H3/t10-,11?/m1/s1. The van der Waals surface area contributed by atoms with Crippen LogP contribution in [0.2, 0.25) is 0 Å². The van der Waals surface area contributed by atoms with E-state index >= 15 is 0 Å². The lowest BCUT2D eigenvalue weighted by Crippen LogP contribution is -2.50. The van der Waals surface area contributed by atoms with E-state index in [-0.39, 0.29) is 18.2 Å². The first-order chi connectivity index (χ1) is 8.29. The summed E-state index contributed by atoms with van der Waals surface area (Å²) in [5.74, 6) is 0. The number of aliphatic hydroxyl groups excluding tert-OH is 1. The van der Waals surface area contributed by atoms with E-state index in [9.17, 15) is 9.90 Å². The SMILES string of the molecule is C[C@@H](O)CCC1COCCN1C(=O)OC(C)(C)C. The number of nitrogens with zero attached hydrogens (tertiary/aromatic N) is 1. The third-order valence-electron chi connectivity index (χ3n) is 2.77. The molecule has 1 amide bonds. The summed E-state index contributed by atoms with van der Waals surface area (Å²) in [5.41, 5.74) is -0.482. The van der Waals surface area contributed by atoms with Crippen LogP contribution in [0.1, 0.15) is 40.5 Å². The fraction of sp³-hybridized carbons (Fsp3) is 0.923. The lowest BCUT2D eigenvalue weighted by molar-refractivity contribution is -0.0362. The molecular formula is C13H25NO4. The molecule has 0 aromatic rings. The molecule has 0 aromatic heterocycles. The van der Waals surface area contributed by atoms with Crippen molar-refractivity contribution in [2.75, 3.05) is 19.8 Å². The first-order valence-electron chi connectivity index (χ1n) is 6.55. The van der Waals surface area contributed by atoms with E-state index in [1.54, 1.807) is 11.8 Å². The Bertz CT molecular complexity index is 273. The highest BCUT2D eigenvalue weighted by atomic mass is 16.6. The molecule has 1 saturated heterocycles. The monoisotopic (exact) mass is 259 g/mol. The zero-order chi connectivity index (χ0) is 13.8. The van der Waals surface area contributed by atoms with Crippen LogP contribution in [0.25, 0.3) is 0 Å². The fourth-order valence-electron chi connectivity index (χ4n) is 1.89. The maximum absolute atomic E-state index is 12.1. The highest BCUT2D eigenvalue weighted by Crippen LogP contribution is 2.18. The Kier molecular flexibility index (Phi) is 5.41. The second kappa shape index (κ2) is 6.38. The van der Waals surface area contributed by atoms with Crippen LogP contribution in [0.3, 0.4) is 0 Å². The summed E-state index contributed by atoms with van der Waals surface area (Å²) in [7, 11) is 0. The van der Waals surface area contributed by atoms with Crippen molar-refractivity contribution in [2.45, 2.75) is 58.3 Å². The lowest BCUT2D eigenvalue weighted by Gasteiger charge is -2.36. The van der Waals surface area contributed by atoms with Crippen LogP contribution < -0.4 is 0 Å². The first-order valence-corrected chi connectivity index (χ1v) is 6.55. The topological polar surface area (TPSA) is 59.0 Å². The molecule has 0 saturated carbocycles. The van der Waals surface area contributed by atoms with E-state index in [2.05, 4.69) is 0 Å². The Hall–Kier alpha value is -0.810. The van der Waals surface area contributed by atoms with Gasteiger partial charge in [0.25, 0.3) is 0 Å². The van der Waals surface area contributed by atoms with E-state index in [4.69, 9.17) is 9.47 Å². The Morgan fingerprint density at radius 3 is 2.78 bits per heavy atom. The molecule has 1 heterocycles. The zero-order valence-corrected chi connectivity index (χ0v) is 11.8. The minimum Gasteiger partial charge on any atom is -0.444 e. The van der Waals surface area contributed by atoms with Gasteiger partial charge >= 0.3 is 6.09 Å². The van der Waals surface area contributed by atoms with Gasteiger partial charge in [-0.3, -0.25) is 0 Å². The molecule has 1 unspecified atom stereocenters. The number of ether oxygens (including phenoxy) is 2. The number of amides is 1. The van der Waals surface area contributed by atoms with Gasteiger partial charge in [-0.15, -0.1) is 0 Å². The molecule has 1 N–H and O–H groups in total. The number of hydrogen-bond donors (Lipinski definition) is 1. The predicted molar refractivity (Wildman–Crippen MR) is 68.5 cm³/mol. The summed E-state index contributed by atoms with van der Waals surface area (Å²) in [6.45, 7) is 8.94. The minimum atomic E-state index is -0.482. The normalized spacial score (nSPS) is 22.7. The average molecular weight is 259 g/mol. The molecule has 5 nitrogen and oxygen atoms in total. The van der Waals surface area contributed by atoms with Gasteiger partial charge in [-0.1, -0.05) is 0 Å². The van der Waals surface area contributed by atoms with Crippen molar-refractivity contribution in [3.63, 3.8) is 0 Å².